The summed E-state index contributed by atoms with van der Waals surface area (Å²) in [5, 5.41) is 0. The van der Waals surface area contributed by atoms with Crippen LogP contribution in [0, 0.1) is 0 Å². The number of hydrogen-bond acceptors (Lipinski definition) is 4. The van der Waals surface area contributed by atoms with Crippen LogP contribution in [0.25, 0.3) is 22.6 Å². The van der Waals surface area contributed by atoms with Gasteiger partial charge in [-0.25, -0.2) is 0 Å². The van der Waals surface area contributed by atoms with Gasteiger partial charge in [-0.05, 0) is 12.1 Å². The van der Waals surface area contributed by atoms with Crippen LogP contribution >= 0.6 is 0 Å². The van der Waals surface area contributed by atoms with Crippen LogP contribution in [0.1, 0.15) is 0 Å². The first-order chi connectivity index (χ1) is 11.8. The lowest BCUT2D eigenvalue weighted by molar-refractivity contribution is -0.190. The third-order valence-electron chi connectivity index (χ3n) is 3.68. The summed E-state index contributed by atoms with van der Waals surface area (Å²) >= 11 is 0. The molecule has 1 aliphatic heterocycles. The number of rotatable bonds is 4. The molecule has 0 saturated carbocycles. The maximum Gasteiger partial charge on any atom is 0.361 e. The maximum absolute atomic E-state index is 6.07. The summed E-state index contributed by atoms with van der Waals surface area (Å²) in [5.41, 5.74) is 1.82. The van der Waals surface area contributed by atoms with Crippen molar-refractivity contribution in [3.8, 4) is 34.1 Å². The van der Waals surface area contributed by atoms with E-state index in [1.165, 1.54) is 0 Å². The minimum atomic E-state index is -0.855. The van der Waals surface area contributed by atoms with Crippen molar-refractivity contribution in [3.05, 3.63) is 73.3 Å². The number of furan rings is 1. The largest absolute Gasteiger partial charge is 0.452 e. The molecule has 0 radical (unpaired) electrons. The molecule has 0 amide bonds. The highest BCUT2D eigenvalue weighted by Crippen LogP contribution is 2.44. The summed E-state index contributed by atoms with van der Waals surface area (Å²) in [7, 11) is 0. The van der Waals surface area contributed by atoms with Crippen LogP contribution in [0.15, 0.2) is 77.7 Å². The monoisotopic (exact) mass is 320 g/mol. The van der Waals surface area contributed by atoms with Crippen LogP contribution in [0.2, 0.25) is 0 Å². The van der Waals surface area contributed by atoms with E-state index in [0.29, 0.717) is 23.9 Å². The summed E-state index contributed by atoms with van der Waals surface area (Å²) in [6, 6.07) is 19.4. The molecule has 24 heavy (non-hydrogen) atoms. The highest BCUT2D eigenvalue weighted by molar-refractivity contribution is 5.75. The normalized spacial score (nSPS) is 15.4. The van der Waals surface area contributed by atoms with E-state index in [9.17, 15) is 0 Å². The average molecular weight is 320 g/mol. The van der Waals surface area contributed by atoms with Gasteiger partial charge in [-0.1, -0.05) is 48.5 Å². The number of hydrogen-bond donors (Lipinski definition) is 0. The predicted molar refractivity (Wildman–Crippen MR) is 90.8 cm³/mol. The van der Waals surface area contributed by atoms with E-state index in [0.717, 1.165) is 16.9 Å². The SMILES string of the molecule is C=CCOC1Oc2ccccc2-c2oc(-c3ccccc3)cc2O1. The Kier molecular flexibility index (Phi) is 3.81. The molecule has 0 N–H and O–H groups in total. The fourth-order valence-corrected chi connectivity index (χ4v) is 2.60. The first kappa shape index (κ1) is 14.6. The number of benzene rings is 2. The maximum atomic E-state index is 6.07. The highest BCUT2D eigenvalue weighted by atomic mass is 16.8. The summed E-state index contributed by atoms with van der Waals surface area (Å²) < 4.78 is 23.3. The van der Waals surface area contributed by atoms with E-state index in [-0.39, 0.29) is 0 Å². The molecule has 4 nitrogen and oxygen atoms in total. The molecule has 120 valence electrons. The Bertz CT molecular complexity index is 851. The summed E-state index contributed by atoms with van der Waals surface area (Å²) in [6.07, 6.45) is 1.65. The summed E-state index contributed by atoms with van der Waals surface area (Å²) in [5.74, 6) is 2.61. The average Bonchev–Trinajstić information content (AvgIpc) is 2.98. The zero-order valence-corrected chi connectivity index (χ0v) is 13.0. The molecule has 0 fully saturated rings. The van der Waals surface area contributed by atoms with Gasteiger partial charge in [0, 0.05) is 11.6 Å². The van der Waals surface area contributed by atoms with Gasteiger partial charge < -0.3 is 18.6 Å². The molecule has 0 aliphatic carbocycles. The molecule has 2 heterocycles. The van der Waals surface area contributed by atoms with Crippen molar-refractivity contribution in [2.75, 3.05) is 6.61 Å². The first-order valence-corrected chi connectivity index (χ1v) is 7.69. The van der Waals surface area contributed by atoms with Crippen molar-refractivity contribution in [2.45, 2.75) is 6.48 Å². The Labute approximate surface area is 139 Å². The Morgan fingerprint density at radius 3 is 2.54 bits per heavy atom. The van der Waals surface area contributed by atoms with E-state index < -0.39 is 6.48 Å². The van der Waals surface area contributed by atoms with Gasteiger partial charge in [0.2, 0.25) is 0 Å². The molecule has 1 aromatic heterocycles. The Balaban J connectivity index is 1.79. The number of ether oxygens (including phenoxy) is 3. The van der Waals surface area contributed by atoms with Gasteiger partial charge in [-0.15, -0.1) is 6.58 Å². The zero-order valence-electron chi connectivity index (χ0n) is 13.0. The van der Waals surface area contributed by atoms with Crippen molar-refractivity contribution in [3.63, 3.8) is 0 Å². The topological polar surface area (TPSA) is 40.8 Å². The molecule has 0 spiro atoms. The molecule has 2 aromatic carbocycles. The lowest BCUT2D eigenvalue weighted by Crippen LogP contribution is -2.26. The van der Waals surface area contributed by atoms with Crippen LogP contribution in [-0.2, 0) is 4.74 Å². The molecule has 3 aromatic rings. The van der Waals surface area contributed by atoms with Crippen LogP contribution in [0.3, 0.4) is 0 Å². The molecular weight excluding hydrogens is 304 g/mol. The van der Waals surface area contributed by atoms with E-state index in [1.54, 1.807) is 6.08 Å². The van der Waals surface area contributed by atoms with Gasteiger partial charge >= 0.3 is 6.48 Å². The number of para-hydroxylation sites is 1. The van der Waals surface area contributed by atoms with Crippen molar-refractivity contribution < 1.29 is 18.6 Å². The van der Waals surface area contributed by atoms with Gasteiger partial charge in [-0.2, -0.15) is 0 Å². The quantitative estimate of drug-likeness (QED) is 0.643. The van der Waals surface area contributed by atoms with Gasteiger partial charge in [-0.3, -0.25) is 0 Å². The van der Waals surface area contributed by atoms with Gasteiger partial charge in [0.1, 0.15) is 11.5 Å². The van der Waals surface area contributed by atoms with Crippen LogP contribution in [0.5, 0.6) is 11.5 Å². The second-order valence-electron chi connectivity index (χ2n) is 5.31. The molecular formula is C20H16O4. The highest BCUT2D eigenvalue weighted by Gasteiger charge is 2.27. The third-order valence-corrected chi connectivity index (χ3v) is 3.68. The van der Waals surface area contributed by atoms with E-state index in [4.69, 9.17) is 18.6 Å². The second kappa shape index (κ2) is 6.26. The fourth-order valence-electron chi connectivity index (χ4n) is 2.60. The smallest absolute Gasteiger partial charge is 0.361 e. The minimum absolute atomic E-state index is 0.325. The lowest BCUT2D eigenvalue weighted by Gasteiger charge is -2.17. The van der Waals surface area contributed by atoms with Crippen LogP contribution in [0.4, 0.5) is 0 Å². The predicted octanol–water partition coefficient (Wildman–Crippen LogP) is 4.87. The van der Waals surface area contributed by atoms with Crippen LogP contribution < -0.4 is 9.47 Å². The standard InChI is InChI=1S/C20H16O4/c1-2-12-21-20-23-16-11-7-6-10-15(16)19-18(24-20)13-17(22-19)14-8-4-3-5-9-14/h2-11,13,20H,1,12H2. The van der Waals surface area contributed by atoms with E-state index in [1.807, 2.05) is 60.7 Å². The zero-order chi connectivity index (χ0) is 16.4. The van der Waals surface area contributed by atoms with Crippen molar-refractivity contribution in [1.82, 2.24) is 0 Å². The van der Waals surface area contributed by atoms with Crippen molar-refractivity contribution in [2.24, 2.45) is 0 Å². The second-order valence-corrected chi connectivity index (χ2v) is 5.31. The van der Waals surface area contributed by atoms with E-state index in [2.05, 4.69) is 6.58 Å². The van der Waals surface area contributed by atoms with Crippen molar-refractivity contribution in [1.29, 1.82) is 0 Å². The Morgan fingerprint density at radius 2 is 1.71 bits per heavy atom. The molecule has 1 aliphatic rings. The van der Waals surface area contributed by atoms with Gasteiger partial charge in [0.25, 0.3) is 0 Å². The van der Waals surface area contributed by atoms with E-state index >= 15 is 0 Å². The van der Waals surface area contributed by atoms with Crippen LogP contribution in [-0.4, -0.2) is 13.1 Å². The molecule has 1 atom stereocenters. The summed E-state index contributed by atoms with van der Waals surface area (Å²) in [4.78, 5) is 0. The minimum Gasteiger partial charge on any atom is -0.452 e. The molecule has 4 heteroatoms. The fraction of sp³-hybridized carbons (Fsp3) is 0.100. The molecule has 1 unspecified atom stereocenters. The molecule has 4 rings (SSSR count). The first-order valence-electron chi connectivity index (χ1n) is 7.69. The lowest BCUT2D eigenvalue weighted by atomic mass is 10.1. The van der Waals surface area contributed by atoms with Gasteiger partial charge in [0.05, 0.1) is 12.2 Å². The molecule has 0 saturated heterocycles. The Morgan fingerprint density at radius 1 is 0.958 bits per heavy atom. The van der Waals surface area contributed by atoms with Crippen molar-refractivity contribution >= 4 is 0 Å². The molecule has 0 bridgehead atoms. The number of fused-ring (bicyclic) bond motifs is 3. The Hall–Kier alpha value is -2.98. The van der Waals surface area contributed by atoms with Gasteiger partial charge in [0.15, 0.2) is 11.5 Å². The third kappa shape index (κ3) is 2.68. The summed E-state index contributed by atoms with van der Waals surface area (Å²) in [6.45, 7) is 3.12.